The van der Waals surface area contributed by atoms with Crippen LogP contribution < -0.4 is 5.32 Å². The Labute approximate surface area is 106 Å². The molecule has 6 heteroatoms. The first-order valence-corrected chi connectivity index (χ1v) is 6.30. The molecular weight excluding hydrogens is 247 g/mol. The lowest BCUT2D eigenvalue weighted by Gasteiger charge is -2.19. The second kappa shape index (κ2) is 6.21. The molecule has 2 atom stereocenters. The van der Waals surface area contributed by atoms with E-state index in [1.165, 1.54) is 0 Å². The molecule has 0 bridgehead atoms. The van der Waals surface area contributed by atoms with Gasteiger partial charge in [0, 0.05) is 19.0 Å². The van der Waals surface area contributed by atoms with Gasteiger partial charge in [0.05, 0.1) is 12.7 Å². The van der Waals surface area contributed by atoms with E-state index < -0.39 is 18.4 Å². The molecule has 3 nitrogen and oxygen atoms in total. The maximum Gasteiger partial charge on any atom is 0.389 e. The molecular formula is C12H22F3NO2. The predicted molar refractivity (Wildman–Crippen MR) is 62.3 cm³/mol. The maximum atomic E-state index is 12.0. The minimum absolute atomic E-state index is 0.0231. The van der Waals surface area contributed by atoms with E-state index in [0.29, 0.717) is 19.6 Å². The standard InChI is InChI=1S/C12H22F3NO2/c1-9(5-4-6-12(13,14)15)16-7-10-8-17-11(2,3)18-10/h9-10,16H,4-8H2,1-3H3. The molecule has 0 saturated carbocycles. The number of rotatable bonds is 6. The predicted octanol–water partition coefficient (Wildman–Crippen LogP) is 2.85. The number of hydrogen-bond acceptors (Lipinski definition) is 3. The average Bonchev–Trinajstić information content (AvgIpc) is 2.53. The number of hydrogen-bond donors (Lipinski definition) is 1. The van der Waals surface area contributed by atoms with Gasteiger partial charge in [0.15, 0.2) is 5.79 Å². The van der Waals surface area contributed by atoms with Crippen LogP contribution in [-0.4, -0.2) is 37.3 Å². The van der Waals surface area contributed by atoms with Crippen molar-refractivity contribution in [3.8, 4) is 0 Å². The van der Waals surface area contributed by atoms with Crippen LogP contribution in [0.5, 0.6) is 0 Å². The van der Waals surface area contributed by atoms with Gasteiger partial charge in [-0.25, -0.2) is 0 Å². The lowest BCUT2D eigenvalue weighted by atomic mass is 10.1. The van der Waals surface area contributed by atoms with Gasteiger partial charge in [-0.15, -0.1) is 0 Å². The number of halogens is 3. The summed E-state index contributed by atoms with van der Waals surface area (Å²) < 4.78 is 46.9. The summed E-state index contributed by atoms with van der Waals surface area (Å²) in [5.74, 6) is -0.550. The number of nitrogens with one attached hydrogen (secondary N) is 1. The summed E-state index contributed by atoms with van der Waals surface area (Å²) in [6.07, 6.45) is -4.12. The Morgan fingerprint density at radius 1 is 1.39 bits per heavy atom. The van der Waals surface area contributed by atoms with E-state index in [9.17, 15) is 13.2 Å². The molecule has 1 N–H and O–H groups in total. The van der Waals surface area contributed by atoms with Crippen molar-refractivity contribution in [2.24, 2.45) is 0 Å². The third kappa shape index (κ3) is 6.56. The van der Waals surface area contributed by atoms with Gasteiger partial charge in [0.1, 0.15) is 0 Å². The summed E-state index contributed by atoms with van der Waals surface area (Å²) in [6.45, 7) is 6.71. The van der Waals surface area contributed by atoms with Crippen molar-refractivity contribution in [2.75, 3.05) is 13.2 Å². The highest BCUT2D eigenvalue weighted by atomic mass is 19.4. The molecule has 108 valence electrons. The fourth-order valence-corrected chi connectivity index (χ4v) is 1.91. The molecule has 1 rings (SSSR count). The summed E-state index contributed by atoms with van der Waals surface area (Å²) in [7, 11) is 0. The first-order chi connectivity index (χ1) is 8.18. The molecule has 0 radical (unpaired) electrons. The third-order valence-electron chi connectivity index (χ3n) is 2.86. The van der Waals surface area contributed by atoms with Gasteiger partial charge in [-0.2, -0.15) is 13.2 Å². The van der Waals surface area contributed by atoms with Crippen molar-refractivity contribution in [3.63, 3.8) is 0 Å². The van der Waals surface area contributed by atoms with Crippen LogP contribution >= 0.6 is 0 Å². The first-order valence-electron chi connectivity index (χ1n) is 6.30. The quantitative estimate of drug-likeness (QED) is 0.804. The Balaban J connectivity index is 2.09. The molecule has 1 fully saturated rings. The van der Waals surface area contributed by atoms with Crippen molar-refractivity contribution in [1.82, 2.24) is 5.32 Å². The Morgan fingerprint density at radius 2 is 2.06 bits per heavy atom. The lowest BCUT2D eigenvalue weighted by molar-refractivity contribution is -0.138. The molecule has 0 aromatic carbocycles. The van der Waals surface area contributed by atoms with E-state index >= 15 is 0 Å². The summed E-state index contributed by atoms with van der Waals surface area (Å²) in [5.41, 5.74) is 0. The summed E-state index contributed by atoms with van der Waals surface area (Å²) >= 11 is 0. The highest BCUT2D eigenvalue weighted by Gasteiger charge is 2.32. The maximum absolute atomic E-state index is 12.0. The largest absolute Gasteiger partial charge is 0.389 e. The van der Waals surface area contributed by atoms with Crippen LogP contribution in [0.15, 0.2) is 0 Å². The molecule has 1 saturated heterocycles. The Bertz CT molecular complexity index is 256. The third-order valence-corrected chi connectivity index (χ3v) is 2.86. The van der Waals surface area contributed by atoms with E-state index in [4.69, 9.17) is 9.47 Å². The van der Waals surface area contributed by atoms with Crippen molar-refractivity contribution in [3.05, 3.63) is 0 Å². The average molecular weight is 269 g/mol. The van der Waals surface area contributed by atoms with Crippen LogP contribution in [0.1, 0.15) is 40.0 Å². The van der Waals surface area contributed by atoms with Crippen molar-refractivity contribution >= 4 is 0 Å². The molecule has 0 spiro atoms. The topological polar surface area (TPSA) is 30.5 Å². The summed E-state index contributed by atoms with van der Waals surface area (Å²) in [6, 6.07) is 0.0552. The molecule has 0 aromatic rings. The second-order valence-corrected chi connectivity index (χ2v) is 5.27. The first kappa shape index (κ1) is 15.7. The summed E-state index contributed by atoms with van der Waals surface area (Å²) in [4.78, 5) is 0. The monoisotopic (exact) mass is 269 g/mol. The van der Waals surface area contributed by atoms with Gasteiger partial charge in [-0.3, -0.25) is 0 Å². The molecule has 0 amide bonds. The molecule has 1 heterocycles. The zero-order chi connectivity index (χ0) is 13.8. The van der Waals surface area contributed by atoms with E-state index in [2.05, 4.69) is 5.32 Å². The van der Waals surface area contributed by atoms with E-state index in [0.717, 1.165) is 0 Å². The normalized spacial score (nSPS) is 25.3. The molecule has 0 aromatic heterocycles. The van der Waals surface area contributed by atoms with E-state index in [-0.39, 0.29) is 18.6 Å². The van der Waals surface area contributed by atoms with E-state index in [1.807, 2.05) is 20.8 Å². The van der Waals surface area contributed by atoms with Gasteiger partial charge in [0.25, 0.3) is 0 Å². The van der Waals surface area contributed by atoms with Gasteiger partial charge in [0.2, 0.25) is 0 Å². The highest BCUT2D eigenvalue weighted by Crippen LogP contribution is 2.23. The molecule has 1 aliphatic rings. The Kier molecular flexibility index (Phi) is 5.43. The minimum Gasteiger partial charge on any atom is -0.348 e. The molecule has 0 aliphatic carbocycles. The van der Waals surface area contributed by atoms with Crippen LogP contribution in [-0.2, 0) is 9.47 Å². The van der Waals surface area contributed by atoms with Crippen molar-refractivity contribution in [2.45, 2.75) is 64.1 Å². The van der Waals surface area contributed by atoms with Gasteiger partial charge in [-0.05, 0) is 33.6 Å². The van der Waals surface area contributed by atoms with Crippen molar-refractivity contribution < 1.29 is 22.6 Å². The van der Waals surface area contributed by atoms with Crippen LogP contribution in [0, 0.1) is 0 Å². The highest BCUT2D eigenvalue weighted by molar-refractivity contribution is 4.74. The van der Waals surface area contributed by atoms with Crippen molar-refractivity contribution in [1.29, 1.82) is 0 Å². The number of ether oxygens (including phenoxy) is 2. The number of alkyl halides is 3. The summed E-state index contributed by atoms with van der Waals surface area (Å²) in [5, 5.41) is 3.18. The Hall–Kier alpha value is -0.330. The molecule has 18 heavy (non-hydrogen) atoms. The Morgan fingerprint density at radius 3 is 2.56 bits per heavy atom. The fraction of sp³-hybridized carbons (Fsp3) is 1.00. The second-order valence-electron chi connectivity index (χ2n) is 5.27. The lowest BCUT2D eigenvalue weighted by Crippen LogP contribution is -2.35. The minimum atomic E-state index is -4.05. The van der Waals surface area contributed by atoms with Crippen LogP contribution in [0.25, 0.3) is 0 Å². The zero-order valence-electron chi connectivity index (χ0n) is 11.1. The van der Waals surface area contributed by atoms with E-state index in [1.54, 1.807) is 0 Å². The zero-order valence-corrected chi connectivity index (χ0v) is 11.1. The molecule has 1 aliphatic heterocycles. The van der Waals surface area contributed by atoms with Crippen LogP contribution in [0.4, 0.5) is 13.2 Å². The molecule has 2 unspecified atom stereocenters. The van der Waals surface area contributed by atoms with Gasteiger partial charge in [-0.1, -0.05) is 0 Å². The van der Waals surface area contributed by atoms with Gasteiger partial charge >= 0.3 is 6.18 Å². The van der Waals surface area contributed by atoms with Gasteiger partial charge < -0.3 is 14.8 Å². The van der Waals surface area contributed by atoms with Crippen LogP contribution in [0.3, 0.4) is 0 Å². The fourth-order valence-electron chi connectivity index (χ4n) is 1.91. The SMILES string of the molecule is CC(CCCC(F)(F)F)NCC1COC(C)(C)O1. The van der Waals surface area contributed by atoms with Crippen LogP contribution in [0.2, 0.25) is 0 Å². The smallest absolute Gasteiger partial charge is 0.348 e.